The van der Waals surface area contributed by atoms with E-state index in [4.69, 9.17) is 6.42 Å². The van der Waals surface area contributed by atoms with Crippen molar-refractivity contribution in [2.75, 3.05) is 0 Å². The summed E-state index contributed by atoms with van der Waals surface area (Å²) in [6.07, 6.45) is 10.3. The molecule has 9 heavy (non-hydrogen) atoms. The Morgan fingerprint density at radius 3 is 2.56 bits per heavy atom. The summed E-state index contributed by atoms with van der Waals surface area (Å²) in [6, 6.07) is 0. The molecule has 0 aromatic heterocycles. The van der Waals surface area contributed by atoms with Crippen LogP contribution in [0.3, 0.4) is 0 Å². The Labute approximate surface area is 57.0 Å². The summed E-state index contributed by atoms with van der Waals surface area (Å²) in [5, 5.41) is 0. The molecule has 1 atom stereocenters. The third-order valence-corrected chi connectivity index (χ3v) is 2.01. The van der Waals surface area contributed by atoms with E-state index < -0.39 is 0 Å². The Balaban J connectivity index is 2.38. The number of rotatable bonds is 1. The summed E-state index contributed by atoms with van der Waals surface area (Å²) in [7, 11) is 0. The first-order valence-corrected chi connectivity index (χ1v) is 3.29. The van der Waals surface area contributed by atoms with Gasteiger partial charge in [-0.1, -0.05) is 25.8 Å². The lowest BCUT2D eigenvalue weighted by atomic mass is 10.1. The molecule has 0 aliphatic heterocycles. The van der Waals surface area contributed by atoms with Gasteiger partial charge in [-0.15, -0.1) is 6.42 Å². The topological polar surface area (TPSA) is 0 Å². The predicted molar refractivity (Wildman–Crippen MR) is 39.9 cm³/mol. The van der Waals surface area contributed by atoms with E-state index in [1.165, 1.54) is 6.42 Å². The van der Waals surface area contributed by atoms with Gasteiger partial charge in [0.1, 0.15) is 0 Å². The molecular weight excluding hydrogens is 108 g/mol. The zero-order valence-electron chi connectivity index (χ0n) is 6.02. The van der Waals surface area contributed by atoms with Gasteiger partial charge in [0.05, 0.1) is 0 Å². The molecule has 0 saturated heterocycles. The van der Waals surface area contributed by atoms with Gasteiger partial charge in [0.2, 0.25) is 0 Å². The third-order valence-electron chi connectivity index (χ3n) is 2.01. The van der Waals surface area contributed by atoms with E-state index in [1.54, 1.807) is 6.08 Å². The highest BCUT2D eigenvalue weighted by atomic mass is 14.5. The Morgan fingerprint density at radius 2 is 2.22 bits per heavy atom. The van der Waals surface area contributed by atoms with Crippen molar-refractivity contribution in [1.29, 1.82) is 0 Å². The standard InChI is InChI=1S/C9H12/c1-4-5-6-8-7-9(8,2)3/h1,5-6,8H,7H2,2-3H3. The van der Waals surface area contributed by atoms with E-state index in [1.807, 2.05) is 0 Å². The third kappa shape index (κ3) is 1.36. The summed E-state index contributed by atoms with van der Waals surface area (Å²) in [5.41, 5.74) is 0.535. The van der Waals surface area contributed by atoms with E-state index in [9.17, 15) is 0 Å². The maximum Gasteiger partial charge on any atom is -0.0159 e. The molecule has 0 bridgehead atoms. The molecule has 0 radical (unpaired) electrons. The number of hydrogen-bond donors (Lipinski definition) is 0. The molecule has 1 fully saturated rings. The average Bonchev–Trinajstić information content (AvgIpc) is 2.35. The maximum atomic E-state index is 5.06. The van der Waals surface area contributed by atoms with Gasteiger partial charge in [-0.3, -0.25) is 0 Å². The fourth-order valence-electron chi connectivity index (χ4n) is 1.01. The highest BCUT2D eigenvalue weighted by Gasteiger charge is 2.43. The minimum absolute atomic E-state index is 0.535. The van der Waals surface area contributed by atoms with Gasteiger partial charge < -0.3 is 0 Å². The van der Waals surface area contributed by atoms with Crippen LogP contribution < -0.4 is 0 Å². The number of terminal acetylenes is 1. The van der Waals surface area contributed by atoms with Gasteiger partial charge in [0, 0.05) is 0 Å². The molecule has 1 saturated carbocycles. The minimum atomic E-state index is 0.535. The molecule has 0 heterocycles. The highest BCUT2D eigenvalue weighted by molar-refractivity contribution is 5.16. The molecule has 0 heteroatoms. The smallest absolute Gasteiger partial charge is 0.0159 e. The zero-order chi connectivity index (χ0) is 6.91. The van der Waals surface area contributed by atoms with Gasteiger partial charge >= 0.3 is 0 Å². The Kier molecular flexibility index (Phi) is 1.37. The monoisotopic (exact) mass is 120 g/mol. The Bertz CT molecular complexity index is 167. The minimum Gasteiger partial charge on any atom is -0.115 e. The van der Waals surface area contributed by atoms with Gasteiger partial charge in [-0.2, -0.15) is 0 Å². The van der Waals surface area contributed by atoms with Crippen LogP contribution in [0.15, 0.2) is 12.2 Å². The Hall–Kier alpha value is -0.700. The van der Waals surface area contributed by atoms with Crippen molar-refractivity contribution in [2.24, 2.45) is 11.3 Å². The van der Waals surface area contributed by atoms with Crippen molar-refractivity contribution >= 4 is 0 Å². The van der Waals surface area contributed by atoms with Crippen molar-refractivity contribution in [1.82, 2.24) is 0 Å². The molecule has 48 valence electrons. The lowest BCUT2D eigenvalue weighted by molar-refractivity contribution is 0.610. The molecule has 1 aliphatic carbocycles. The average molecular weight is 120 g/mol. The van der Waals surface area contributed by atoms with Crippen molar-refractivity contribution < 1.29 is 0 Å². The fraction of sp³-hybridized carbons (Fsp3) is 0.556. The summed E-state index contributed by atoms with van der Waals surface area (Å²) >= 11 is 0. The normalized spacial score (nSPS) is 30.1. The van der Waals surface area contributed by atoms with Gasteiger partial charge in [-0.25, -0.2) is 0 Å². The summed E-state index contributed by atoms with van der Waals surface area (Å²) in [6.45, 7) is 4.52. The molecule has 1 unspecified atom stereocenters. The van der Waals surface area contributed by atoms with E-state index >= 15 is 0 Å². The van der Waals surface area contributed by atoms with Gasteiger partial charge in [-0.05, 0) is 23.8 Å². The first-order chi connectivity index (χ1) is 4.17. The van der Waals surface area contributed by atoms with Crippen molar-refractivity contribution in [2.45, 2.75) is 20.3 Å². The SMILES string of the molecule is C#CC=CC1CC1(C)C. The summed E-state index contributed by atoms with van der Waals surface area (Å²) in [5.74, 6) is 3.24. The predicted octanol–water partition coefficient (Wildman–Crippen LogP) is 2.22. The Morgan fingerprint density at radius 1 is 1.67 bits per heavy atom. The van der Waals surface area contributed by atoms with Crippen molar-refractivity contribution in [3.8, 4) is 12.3 Å². The molecule has 0 aromatic rings. The molecule has 0 N–H and O–H groups in total. The molecule has 0 nitrogen and oxygen atoms in total. The van der Waals surface area contributed by atoms with Crippen LogP contribution in [0.4, 0.5) is 0 Å². The first kappa shape index (κ1) is 6.42. The quantitative estimate of drug-likeness (QED) is 0.465. The number of allylic oxidation sites excluding steroid dienone is 2. The fourth-order valence-corrected chi connectivity index (χ4v) is 1.01. The van der Waals surface area contributed by atoms with Gasteiger partial charge in [0.15, 0.2) is 0 Å². The second-order valence-corrected chi connectivity index (χ2v) is 3.32. The number of hydrogen-bond acceptors (Lipinski definition) is 0. The summed E-state index contributed by atoms with van der Waals surface area (Å²) < 4.78 is 0. The van der Waals surface area contributed by atoms with Crippen LogP contribution >= 0.6 is 0 Å². The van der Waals surface area contributed by atoms with Crippen LogP contribution in [0, 0.1) is 23.7 Å². The lowest BCUT2D eigenvalue weighted by Crippen LogP contribution is -1.84. The maximum absolute atomic E-state index is 5.06. The van der Waals surface area contributed by atoms with E-state index in [-0.39, 0.29) is 0 Å². The summed E-state index contributed by atoms with van der Waals surface area (Å²) in [4.78, 5) is 0. The molecular formula is C9H12. The molecule has 1 rings (SSSR count). The largest absolute Gasteiger partial charge is 0.115 e. The highest BCUT2D eigenvalue weighted by Crippen LogP contribution is 2.52. The molecule has 0 aromatic carbocycles. The van der Waals surface area contributed by atoms with Crippen molar-refractivity contribution in [3.63, 3.8) is 0 Å². The zero-order valence-corrected chi connectivity index (χ0v) is 6.02. The van der Waals surface area contributed by atoms with Crippen LogP contribution in [0.25, 0.3) is 0 Å². The second kappa shape index (κ2) is 1.92. The molecule has 1 aliphatic rings. The van der Waals surface area contributed by atoms with Crippen LogP contribution in [0.5, 0.6) is 0 Å². The van der Waals surface area contributed by atoms with Crippen LogP contribution in [0.2, 0.25) is 0 Å². The van der Waals surface area contributed by atoms with Gasteiger partial charge in [0.25, 0.3) is 0 Å². The molecule has 0 spiro atoms. The van der Waals surface area contributed by atoms with E-state index in [0.29, 0.717) is 5.41 Å². The van der Waals surface area contributed by atoms with Crippen LogP contribution in [-0.4, -0.2) is 0 Å². The van der Waals surface area contributed by atoms with Crippen LogP contribution in [-0.2, 0) is 0 Å². The molecule has 0 amide bonds. The van der Waals surface area contributed by atoms with E-state index in [0.717, 1.165) is 5.92 Å². The van der Waals surface area contributed by atoms with Crippen LogP contribution in [0.1, 0.15) is 20.3 Å². The van der Waals surface area contributed by atoms with Crippen molar-refractivity contribution in [3.05, 3.63) is 12.2 Å². The first-order valence-electron chi connectivity index (χ1n) is 3.29. The lowest BCUT2D eigenvalue weighted by Gasteiger charge is -1.93. The second-order valence-electron chi connectivity index (χ2n) is 3.32. The van der Waals surface area contributed by atoms with E-state index in [2.05, 4.69) is 25.8 Å².